The van der Waals surface area contributed by atoms with Gasteiger partial charge in [0.25, 0.3) is 0 Å². The Morgan fingerprint density at radius 3 is 2.75 bits per heavy atom. The summed E-state index contributed by atoms with van der Waals surface area (Å²) in [7, 11) is 1.54. The summed E-state index contributed by atoms with van der Waals surface area (Å²) < 4.78 is 7.00. The Bertz CT molecular complexity index is 554. The molecule has 0 aliphatic carbocycles. The summed E-state index contributed by atoms with van der Waals surface area (Å²) in [5.74, 6) is 1.09. The number of aromatic nitrogens is 5. The first-order valence-corrected chi connectivity index (χ1v) is 6.83. The van der Waals surface area contributed by atoms with Gasteiger partial charge in [-0.1, -0.05) is 13.8 Å². The Hall–Kier alpha value is -2.18. The van der Waals surface area contributed by atoms with E-state index in [9.17, 15) is 0 Å². The van der Waals surface area contributed by atoms with Crippen LogP contribution in [0.1, 0.15) is 26.7 Å². The predicted octanol–water partition coefficient (Wildman–Crippen LogP) is 1.98. The molecule has 108 valence electrons. The van der Waals surface area contributed by atoms with Crippen molar-refractivity contribution in [2.45, 2.75) is 33.2 Å². The lowest BCUT2D eigenvalue weighted by atomic mass is 10.3. The summed E-state index contributed by atoms with van der Waals surface area (Å²) in [6, 6.07) is 0.303. The Kier molecular flexibility index (Phi) is 4.86. The number of nitrogens with one attached hydrogen (secondary N) is 1. The summed E-state index contributed by atoms with van der Waals surface area (Å²) >= 11 is 0. The van der Waals surface area contributed by atoms with Crippen LogP contribution in [-0.2, 0) is 6.54 Å². The highest BCUT2D eigenvalue weighted by Gasteiger charge is 2.10. The van der Waals surface area contributed by atoms with E-state index in [0.717, 1.165) is 31.5 Å². The molecule has 0 aliphatic rings. The van der Waals surface area contributed by atoms with Crippen LogP contribution in [0.2, 0.25) is 0 Å². The number of rotatable bonds is 7. The molecule has 2 heterocycles. The molecule has 2 rings (SSSR count). The Morgan fingerprint density at radius 2 is 2.05 bits per heavy atom. The molecule has 0 radical (unpaired) electrons. The fraction of sp³-hybridized carbons (Fsp3) is 0.538. The van der Waals surface area contributed by atoms with Gasteiger partial charge in [0.05, 0.1) is 18.9 Å². The minimum absolute atomic E-state index is 0.303. The average molecular weight is 276 g/mol. The smallest absolute Gasteiger partial charge is 0.321 e. The second kappa shape index (κ2) is 6.83. The van der Waals surface area contributed by atoms with Crippen molar-refractivity contribution >= 4 is 5.95 Å². The van der Waals surface area contributed by atoms with Crippen molar-refractivity contribution in [1.82, 2.24) is 24.7 Å². The maximum absolute atomic E-state index is 5.12. The molecule has 0 atom stereocenters. The van der Waals surface area contributed by atoms with Crippen LogP contribution in [0.3, 0.4) is 0 Å². The van der Waals surface area contributed by atoms with E-state index in [2.05, 4.69) is 39.2 Å². The number of methoxy groups -OCH3 is 1. The first kappa shape index (κ1) is 14.2. The molecule has 0 aliphatic heterocycles. The predicted molar refractivity (Wildman–Crippen MR) is 76.7 cm³/mol. The maximum atomic E-state index is 5.12. The fourth-order valence-electron chi connectivity index (χ4n) is 1.72. The van der Waals surface area contributed by atoms with Crippen LogP contribution >= 0.6 is 0 Å². The maximum Gasteiger partial charge on any atom is 0.321 e. The van der Waals surface area contributed by atoms with Crippen LogP contribution < -0.4 is 10.1 Å². The van der Waals surface area contributed by atoms with E-state index in [1.807, 2.05) is 10.9 Å². The van der Waals surface area contributed by atoms with Gasteiger partial charge in [-0.05, 0) is 12.8 Å². The summed E-state index contributed by atoms with van der Waals surface area (Å²) in [5.41, 5.74) is 0.860. The van der Waals surface area contributed by atoms with Crippen molar-refractivity contribution in [3.8, 4) is 17.4 Å². The fourth-order valence-corrected chi connectivity index (χ4v) is 1.72. The highest BCUT2D eigenvalue weighted by molar-refractivity contribution is 5.54. The van der Waals surface area contributed by atoms with E-state index in [-0.39, 0.29) is 0 Å². The standard InChI is InChI=1S/C13H20N6O/c1-4-6-14-12-16-11(17-13(18-12)20-3)10-8-15-19(9-10)7-5-2/h8-9H,4-7H2,1-3H3,(H,14,16,17,18). The molecule has 0 aromatic carbocycles. The highest BCUT2D eigenvalue weighted by atomic mass is 16.5. The number of ether oxygens (including phenoxy) is 1. The lowest BCUT2D eigenvalue weighted by Gasteiger charge is -2.06. The van der Waals surface area contributed by atoms with Crippen LogP contribution in [0.25, 0.3) is 11.4 Å². The Morgan fingerprint density at radius 1 is 1.20 bits per heavy atom. The van der Waals surface area contributed by atoms with Gasteiger partial charge in [-0.15, -0.1) is 0 Å². The molecule has 7 heteroatoms. The number of nitrogens with zero attached hydrogens (tertiary/aromatic N) is 5. The quantitative estimate of drug-likeness (QED) is 0.833. The van der Waals surface area contributed by atoms with Crippen LogP contribution in [-0.4, -0.2) is 38.4 Å². The molecular weight excluding hydrogens is 256 g/mol. The molecule has 0 fully saturated rings. The lowest BCUT2D eigenvalue weighted by molar-refractivity contribution is 0.379. The third-order valence-corrected chi connectivity index (χ3v) is 2.67. The third-order valence-electron chi connectivity index (χ3n) is 2.67. The van der Waals surface area contributed by atoms with Crippen LogP contribution in [0.4, 0.5) is 5.95 Å². The zero-order chi connectivity index (χ0) is 14.4. The molecule has 0 saturated carbocycles. The van der Waals surface area contributed by atoms with Crippen molar-refractivity contribution in [3.63, 3.8) is 0 Å². The highest BCUT2D eigenvalue weighted by Crippen LogP contribution is 2.18. The van der Waals surface area contributed by atoms with Crippen LogP contribution in [0.5, 0.6) is 6.01 Å². The molecule has 2 aromatic rings. The van der Waals surface area contributed by atoms with Gasteiger partial charge in [0.15, 0.2) is 5.82 Å². The molecule has 0 amide bonds. The van der Waals surface area contributed by atoms with Crippen LogP contribution in [0, 0.1) is 0 Å². The Labute approximate surface area is 118 Å². The van der Waals surface area contributed by atoms with Crippen molar-refractivity contribution in [3.05, 3.63) is 12.4 Å². The lowest BCUT2D eigenvalue weighted by Crippen LogP contribution is -2.07. The summed E-state index contributed by atoms with van der Waals surface area (Å²) in [6.07, 6.45) is 5.72. The molecule has 0 spiro atoms. The first-order valence-electron chi connectivity index (χ1n) is 6.83. The van der Waals surface area contributed by atoms with Gasteiger partial charge in [-0.25, -0.2) is 0 Å². The number of hydrogen-bond donors (Lipinski definition) is 1. The monoisotopic (exact) mass is 276 g/mol. The SMILES string of the molecule is CCCNc1nc(OC)nc(-c2cnn(CCC)c2)n1. The minimum Gasteiger partial charge on any atom is -0.467 e. The van der Waals surface area contributed by atoms with Gasteiger partial charge >= 0.3 is 6.01 Å². The molecule has 7 nitrogen and oxygen atoms in total. The molecule has 1 N–H and O–H groups in total. The van der Waals surface area contributed by atoms with E-state index in [1.165, 1.54) is 0 Å². The van der Waals surface area contributed by atoms with E-state index in [1.54, 1.807) is 13.3 Å². The molecule has 0 unspecified atom stereocenters. The van der Waals surface area contributed by atoms with Gasteiger partial charge in [-0.2, -0.15) is 20.1 Å². The summed E-state index contributed by atoms with van der Waals surface area (Å²) in [4.78, 5) is 12.8. The van der Waals surface area contributed by atoms with Crippen molar-refractivity contribution in [1.29, 1.82) is 0 Å². The largest absolute Gasteiger partial charge is 0.467 e. The molecular formula is C13H20N6O. The molecule has 20 heavy (non-hydrogen) atoms. The second-order valence-electron chi connectivity index (χ2n) is 4.39. The van der Waals surface area contributed by atoms with Crippen molar-refractivity contribution < 1.29 is 4.74 Å². The zero-order valence-electron chi connectivity index (χ0n) is 12.1. The topological polar surface area (TPSA) is 77.8 Å². The zero-order valence-corrected chi connectivity index (χ0v) is 12.1. The number of hydrogen-bond acceptors (Lipinski definition) is 6. The van der Waals surface area contributed by atoms with Gasteiger partial charge in [-0.3, -0.25) is 4.68 Å². The normalized spacial score (nSPS) is 10.6. The van der Waals surface area contributed by atoms with Gasteiger partial charge in [0, 0.05) is 19.3 Å². The average Bonchev–Trinajstić information content (AvgIpc) is 2.94. The molecule has 0 saturated heterocycles. The molecule has 2 aromatic heterocycles. The third kappa shape index (κ3) is 3.43. The number of aryl methyl sites for hydroxylation is 1. The molecule has 0 bridgehead atoms. The minimum atomic E-state index is 0.303. The van der Waals surface area contributed by atoms with E-state index in [4.69, 9.17) is 4.74 Å². The van der Waals surface area contributed by atoms with Crippen molar-refractivity contribution in [2.75, 3.05) is 19.0 Å². The van der Waals surface area contributed by atoms with Gasteiger partial charge in [0.2, 0.25) is 5.95 Å². The first-order chi connectivity index (χ1) is 9.76. The van der Waals surface area contributed by atoms with Gasteiger partial charge in [0.1, 0.15) is 0 Å². The summed E-state index contributed by atoms with van der Waals surface area (Å²) in [5, 5.41) is 7.43. The van der Waals surface area contributed by atoms with Gasteiger partial charge < -0.3 is 10.1 Å². The van der Waals surface area contributed by atoms with E-state index < -0.39 is 0 Å². The van der Waals surface area contributed by atoms with Crippen molar-refractivity contribution in [2.24, 2.45) is 0 Å². The summed E-state index contributed by atoms with van der Waals surface area (Å²) in [6.45, 7) is 5.88. The van der Waals surface area contributed by atoms with E-state index >= 15 is 0 Å². The Balaban J connectivity index is 2.28. The second-order valence-corrected chi connectivity index (χ2v) is 4.39. The number of anilines is 1. The van der Waals surface area contributed by atoms with E-state index in [0.29, 0.717) is 17.8 Å². The van der Waals surface area contributed by atoms with Crippen LogP contribution in [0.15, 0.2) is 12.4 Å².